The number of hydrogen-bond donors (Lipinski definition) is 2. The zero-order valence-electron chi connectivity index (χ0n) is 12.5. The third kappa shape index (κ3) is 4.34. The van der Waals surface area contributed by atoms with Gasteiger partial charge in [0.2, 0.25) is 5.91 Å². The minimum Gasteiger partial charge on any atom is -0.481 e. The smallest absolute Gasteiger partial charge is 0.265 e. The Kier molecular flexibility index (Phi) is 5.14. The fraction of sp³-hybridized carbons (Fsp3) is 0.176. The van der Waals surface area contributed by atoms with E-state index in [1.54, 1.807) is 43.3 Å². The molecular formula is C17H18N2O3. The van der Waals surface area contributed by atoms with E-state index in [-0.39, 0.29) is 11.8 Å². The first-order chi connectivity index (χ1) is 10.6. The summed E-state index contributed by atoms with van der Waals surface area (Å²) in [6.45, 7) is 3.09. The van der Waals surface area contributed by atoms with Gasteiger partial charge in [0.1, 0.15) is 5.75 Å². The van der Waals surface area contributed by atoms with Gasteiger partial charge in [-0.05, 0) is 31.2 Å². The summed E-state index contributed by atoms with van der Waals surface area (Å²) in [4.78, 5) is 23.4. The quantitative estimate of drug-likeness (QED) is 0.891. The molecule has 0 aliphatic rings. The van der Waals surface area contributed by atoms with Crippen LogP contribution in [-0.4, -0.2) is 17.9 Å². The number of carbonyl (C=O) groups is 2. The van der Waals surface area contributed by atoms with Crippen molar-refractivity contribution in [3.8, 4) is 5.75 Å². The van der Waals surface area contributed by atoms with Crippen LogP contribution < -0.4 is 15.4 Å². The summed E-state index contributed by atoms with van der Waals surface area (Å²) in [5.74, 6) is 0.136. The van der Waals surface area contributed by atoms with Gasteiger partial charge in [-0.3, -0.25) is 9.59 Å². The molecule has 0 fully saturated rings. The Balaban J connectivity index is 2.04. The first-order valence-electron chi connectivity index (χ1n) is 6.95. The molecule has 0 aliphatic carbocycles. The summed E-state index contributed by atoms with van der Waals surface area (Å²) >= 11 is 0. The van der Waals surface area contributed by atoms with E-state index >= 15 is 0 Å². The highest BCUT2D eigenvalue weighted by Crippen LogP contribution is 2.21. The fourth-order valence-electron chi connectivity index (χ4n) is 1.88. The lowest BCUT2D eigenvalue weighted by atomic mass is 10.2. The number of rotatable bonds is 5. The van der Waals surface area contributed by atoms with Crippen LogP contribution in [0.4, 0.5) is 11.4 Å². The summed E-state index contributed by atoms with van der Waals surface area (Å²) < 4.78 is 5.57. The summed E-state index contributed by atoms with van der Waals surface area (Å²) in [5.41, 5.74) is 1.08. The molecular weight excluding hydrogens is 280 g/mol. The van der Waals surface area contributed by atoms with E-state index in [2.05, 4.69) is 10.6 Å². The molecule has 2 aromatic carbocycles. The van der Waals surface area contributed by atoms with Crippen LogP contribution in [-0.2, 0) is 9.59 Å². The van der Waals surface area contributed by atoms with Crippen LogP contribution in [0.5, 0.6) is 5.75 Å². The average Bonchev–Trinajstić information content (AvgIpc) is 2.49. The van der Waals surface area contributed by atoms with Crippen LogP contribution in [0.1, 0.15) is 13.8 Å². The third-order valence-electron chi connectivity index (χ3n) is 2.92. The molecule has 1 unspecified atom stereocenters. The molecule has 2 aromatic rings. The molecule has 0 saturated carbocycles. The number of ether oxygens (including phenoxy) is 1. The van der Waals surface area contributed by atoms with Crippen LogP contribution >= 0.6 is 0 Å². The SMILES string of the molecule is CC(=O)Nc1ccccc1NC(=O)C(C)Oc1ccccc1. The van der Waals surface area contributed by atoms with Gasteiger partial charge < -0.3 is 15.4 Å². The number of hydrogen-bond acceptors (Lipinski definition) is 3. The average molecular weight is 298 g/mol. The van der Waals surface area contributed by atoms with Crippen LogP contribution in [0.25, 0.3) is 0 Å². The van der Waals surface area contributed by atoms with Crippen LogP contribution in [0.15, 0.2) is 54.6 Å². The van der Waals surface area contributed by atoms with Crippen LogP contribution in [0, 0.1) is 0 Å². The first kappa shape index (κ1) is 15.6. The minimum absolute atomic E-state index is 0.199. The van der Waals surface area contributed by atoms with E-state index in [0.717, 1.165) is 0 Å². The zero-order valence-corrected chi connectivity index (χ0v) is 12.5. The van der Waals surface area contributed by atoms with E-state index in [4.69, 9.17) is 4.74 Å². The first-order valence-corrected chi connectivity index (χ1v) is 6.95. The Bertz CT molecular complexity index is 656. The number of anilines is 2. The second kappa shape index (κ2) is 7.26. The molecule has 0 aliphatic heterocycles. The lowest BCUT2D eigenvalue weighted by molar-refractivity contribution is -0.122. The van der Waals surface area contributed by atoms with Gasteiger partial charge in [0.25, 0.3) is 5.91 Å². The zero-order chi connectivity index (χ0) is 15.9. The van der Waals surface area contributed by atoms with Gasteiger partial charge >= 0.3 is 0 Å². The molecule has 0 saturated heterocycles. The Morgan fingerprint density at radius 1 is 0.909 bits per heavy atom. The maximum Gasteiger partial charge on any atom is 0.265 e. The monoisotopic (exact) mass is 298 g/mol. The molecule has 0 spiro atoms. The van der Waals surface area contributed by atoms with Gasteiger partial charge in [-0.25, -0.2) is 0 Å². The molecule has 22 heavy (non-hydrogen) atoms. The van der Waals surface area contributed by atoms with Crippen molar-refractivity contribution in [3.63, 3.8) is 0 Å². The predicted octanol–water partition coefficient (Wildman–Crippen LogP) is 3.05. The van der Waals surface area contributed by atoms with Gasteiger partial charge in [-0.15, -0.1) is 0 Å². The lowest BCUT2D eigenvalue weighted by Crippen LogP contribution is -2.30. The van der Waals surface area contributed by atoms with Crippen LogP contribution in [0.3, 0.4) is 0 Å². The molecule has 5 nitrogen and oxygen atoms in total. The Hall–Kier alpha value is -2.82. The molecule has 5 heteroatoms. The Labute approximate surface area is 129 Å². The van der Waals surface area contributed by atoms with Crippen molar-refractivity contribution < 1.29 is 14.3 Å². The highest BCUT2D eigenvalue weighted by Gasteiger charge is 2.16. The fourth-order valence-corrected chi connectivity index (χ4v) is 1.88. The topological polar surface area (TPSA) is 67.4 Å². The predicted molar refractivity (Wildman–Crippen MR) is 85.9 cm³/mol. The second-order valence-corrected chi connectivity index (χ2v) is 4.79. The molecule has 0 bridgehead atoms. The summed E-state index contributed by atoms with van der Waals surface area (Å²) in [7, 11) is 0. The van der Waals surface area contributed by atoms with Crippen molar-refractivity contribution in [2.24, 2.45) is 0 Å². The molecule has 114 valence electrons. The number of benzene rings is 2. The molecule has 2 rings (SSSR count). The number of amides is 2. The van der Waals surface area contributed by atoms with Crippen LogP contribution in [0.2, 0.25) is 0 Å². The van der Waals surface area contributed by atoms with Crippen molar-refractivity contribution >= 4 is 23.2 Å². The molecule has 2 N–H and O–H groups in total. The molecule has 0 aromatic heterocycles. The van der Waals surface area contributed by atoms with E-state index in [1.807, 2.05) is 18.2 Å². The summed E-state index contributed by atoms with van der Waals surface area (Å²) in [5, 5.41) is 5.43. The number of nitrogens with one attached hydrogen (secondary N) is 2. The summed E-state index contributed by atoms with van der Waals surface area (Å²) in [6.07, 6.45) is -0.659. The van der Waals surface area contributed by atoms with Crippen molar-refractivity contribution in [1.29, 1.82) is 0 Å². The largest absolute Gasteiger partial charge is 0.481 e. The molecule has 0 radical (unpaired) electrons. The highest BCUT2D eigenvalue weighted by atomic mass is 16.5. The van der Waals surface area contributed by atoms with Gasteiger partial charge in [-0.1, -0.05) is 30.3 Å². The molecule has 1 atom stereocenters. The van der Waals surface area contributed by atoms with Gasteiger partial charge in [-0.2, -0.15) is 0 Å². The maximum absolute atomic E-state index is 12.2. The van der Waals surface area contributed by atoms with Crippen molar-refractivity contribution in [3.05, 3.63) is 54.6 Å². The Morgan fingerprint density at radius 3 is 2.05 bits per heavy atom. The maximum atomic E-state index is 12.2. The highest BCUT2D eigenvalue weighted by molar-refractivity contribution is 6.00. The van der Waals surface area contributed by atoms with E-state index < -0.39 is 6.10 Å². The number of carbonyl (C=O) groups excluding carboxylic acids is 2. The molecule has 0 heterocycles. The second-order valence-electron chi connectivity index (χ2n) is 4.79. The van der Waals surface area contributed by atoms with E-state index in [9.17, 15) is 9.59 Å². The van der Waals surface area contributed by atoms with Gasteiger partial charge in [0.05, 0.1) is 11.4 Å². The van der Waals surface area contributed by atoms with Gasteiger partial charge in [0.15, 0.2) is 6.10 Å². The number of para-hydroxylation sites is 3. The lowest BCUT2D eigenvalue weighted by Gasteiger charge is -2.16. The Morgan fingerprint density at radius 2 is 1.45 bits per heavy atom. The van der Waals surface area contributed by atoms with Crippen molar-refractivity contribution in [2.45, 2.75) is 20.0 Å². The third-order valence-corrected chi connectivity index (χ3v) is 2.92. The van der Waals surface area contributed by atoms with Crippen molar-refractivity contribution in [1.82, 2.24) is 0 Å². The standard InChI is InChI=1S/C17H18N2O3/c1-12(22-14-8-4-3-5-9-14)17(21)19-16-11-7-6-10-15(16)18-13(2)20/h3-12H,1-2H3,(H,18,20)(H,19,21). The normalized spacial score (nSPS) is 11.4. The minimum atomic E-state index is -0.659. The molecule has 2 amide bonds. The van der Waals surface area contributed by atoms with E-state index in [1.165, 1.54) is 6.92 Å². The summed E-state index contributed by atoms with van der Waals surface area (Å²) in [6, 6.07) is 16.1. The van der Waals surface area contributed by atoms with Crippen molar-refractivity contribution in [2.75, 3.05) is 10.6 Å². The van der Waals surface area contributed by atoms with E-state index in [0.29, 0.717) is 17.1 Å². The van der Waals surface area contributed by atoms with Gasteiger partial charge in [0, 0.05) is 6.92 Å².